The van der Waals surface area contributed by atoms with E-state index in [1.54, 1.807) is 13.2 Å². The number of likely N-dealkylation sites (tertiary alicyclic amines) is 1. The van der Waals surface area contributed by atoms with E-state index < -0.39 is 0 Å². The van der Waals surface area contributed by atoms with Gasteiger partial charge >= 0.3 is 0 Å². The molecule has 0 saturated carbocycles. The van der Waals surface area contributed by atoms with Crippen molar-refractivity contribution in [3.63, 3.8) is 0 Å². The zero-order valence-electron chi connectivity index (χ0n) is 14.7. The highest BCUT2D eigenvalue weighted by atomic mass is 16.5. The molecule has 4 heteroatoms. The summed E-state index contributed by atoms with van der Waals surface area (Å²) in [6.45, 7) is 8.98. The fraction of sp³-hybridized carbons (Fsp3) is 0.632. The first kappa shape index (κ1) is 17.8. The van der Waals surface area contributed by atoms with Gasteiger partial charge in [-0.25, -0.2) is 0 Å². The number of benzene rings is 1. The van der Waals surface area contributed by atoms with E-state index in [4.69, 9.17) is 4.74 Å². The number of nitrogens with one attached hydrogen (secondary N) is 1. The summed E-state index contributed by atoms with van der Waals surface area (Å²) in [6, 6.07) is 7.34. The Labute approximate surface area is 140 Å². The third-order valence-electron chi connectivity index (χ3n) is 4.48. The quantitative estimate of drug-likeness (QED) is 0.785. The molecule has 1 saturated heterocycles. The molecule has 128 valence electrons. The Kier molecular flexibility index (Phi) is 6.90. The van der Waals surface area contributed by atoms with Gasteiger partial charge in [0.25, 0.3) is 5.91 Å². The molecule has 0 unspecified atom stereocenters. The highest BCUT2D eigenvalue weighted by Gasteiger charge is 2.21. The standard InChI is InChI=1S/C19H30N2O2/c1-15-12-16(2)14-21(13-15)11-7-6-10-20-19(22)17-8-4-5-9-18(17)23-3/h4-5,8-9,15-16H,6-7,10-14H2,1-3H3,(H,20,22)/t15-,16-/m1/s1. The van der Waals surface area contributed by atoms with Crippen LogP contribution in [0.15, 0.2) is 24.3 Å². The SMILES string of the molecule is COc1ccccc1C(=O)NCCCCN1C[C@H](C)C[C@@H](C)C1. The maximum absolute atomic E-state index is 12.2. The second-order valence-corrected chi connectivity index (χ2v) is 6.87. The van der Waals surface area contributed by atoms with Gasteiger partial charge < -0.3 is 15.0 Å². The number of amides is 1. The molecular weight excluding hydrogens is 288 g/mol. The summed E-state index contributed by atoms with van der Waals surface area (Å²) < 4.78 is 5.23. The van der Waals surface area contributed by atoms with E-state index in [0.717, 1.165) is 37.8 Å². The van der Waals surface area contributed by atoms with Gasteiger partial charge in [-0.05, 0) is 49.8 Å². The molecule has 0 aromatic heterocycles. The number of para-hydroxylation sites is 1. The van der Waals surface area contributed by atoms with E-state index in [2.05, 4.69) is 24.1 Å². The number of carbonyl (C=O) groups excluding carboxylic acids is 1. The van der Waals surface area contributed by atoms with Crippen LogP contribution in [0.2, 0.25) is 0 Å². The van der Waals surface area contributed by atoms with E-state index in [0.29, 0.717) is 11.3 Å². The van der Waals surface area contributed by atoms with E-state index >= 15 is 0 Å². The van der Waals surface area contributed by atoms with Gasteiger partial charge in [-0.3, -0.25) is 4.79 Å². The van der Waals surface area contributed by atoms with E-state index in [-0.39, 0.29) is 5.91 Å². The third-order valence-corrected chi connectivity index (χ3v) is 4.48. The average Bonchev–Trinajstić information content (AvgIpc) is 2.53. The molecule has 1 fully saturated rings. The lowest BCUT2D eigenvalue weighted by Crippen LogP contribution is -2.39. The molecular formula is C19H30N2O2. The molecule has 1 N–H and O–H groups in total. The van der Waals surface area contributed by atoms with Crippen LogP contribution in [0.25, 0.3) is 0 Å². The summed E-state index contributed by atoms with van der Waals surface area (Å²) in [5.74, 6) is 2.19. The number of hydrogen-bond donors (Lipinski definition) is 1. The largest absolute Gasteiger partial charge is 0.496 e. The monoisotopic (exact) mass is 318 g/mol. The molecule has 0 radical (unpaired) electrons. The number of unbranched alkanes of at least 4 members (excludes halogenated alkanes) is 1. The van der Waals surface area contributed by atoms with Crippen LogP contribution in [-0.4, -0.2) is 44.1 Å². The third kappa shape index (κ3) is 5.54. The number of hydrogen-bond acceptors (Lipinski definition) is 3. The summed E-state index contributed by atoms with van der Waals surface area (Å²) in [7, 11) is 1.59. The van der Waals surface area contributed by atoms with E-state index in [9.17, 15) is 4.79 Å². The van der Waals surface area contributed by atoms with Crippen molar-refractivity contribution in [2.24, 2.45) is 11.8 Å². The fourth-order valence-electron chi connectivity index (χ4n) is 3.56. The Morgan fingerprint density at radius 3 is 2.61 bits per heavy atom. The first-order chi connectivity index (χ1) is 11.1. The highest BCUT2D eigenvalue weighted by molar-refractivity contribution is 5.96. The van der Waals surface area contributed by atoms with Gasteiger partial charge in [-0.15, -0.1) is 0 Å². The van der Waals surface area contributed by atoms with Crippen molar-refractivity contribution in [3.05, 3.63) is 29.8 Å². The van der Waals surface area contributed by atoms with Crippen LogP contribution in [0.1, 0.15) is 43.5 Å². The van der Waals surface area contributed by atoms with E-state index in [1.807, 2.05) is 18.2 Å². The Morgan fingerprint density at radius 1 is 1.22 bits per heavy atom. The lowest BCUT2D eigenvalue weighted by atomic mass is 9.92. The van der Waals surface area contributed by atoms with Crippen LogP contribution < -0.4 is 10.1 Å². The number of carbonyl (C=O) groups is 1. The smallest absolute Gasteiger partial charge is 0.255 e. The van der Waals surface area contributed by atoms with Gasteiger partial charge in [0.15, 0.2) is 0 Å². The maximum Gasteiger partial charge on any atom is 0.255 e. The summed E-state index contributed by atoms with van der Waals surface area (Å²) in [6.07, 6.45) is 3.50. The minimum atomic E-state index is -0.0531. The summed E-state index contributed by atoms with van der Waals surface area (Å²) in [4.78, 5) is 14.7. The van der Waals surface area contributed by atoms with Gasteiger partial charge in [0, 0.05) is 19.6 Å². The van der Waals surface area contributed by atoms with Gasteiger partial charge in [0.2, 0.25) is 0 Å². The second-order valence-electron chi connectivity index (χ2n) is 6.87. The summed E-state index contributed by atoms with van der Waals surface area (Å²) >= 11 is 0. The molecule has 4 nitrogen and oxygen atoms in total. The van der Waals surface area contributed by atoms with E-state index in [1.165, 1.54) is 19.5 Å². The molecule has 1 aliphatic heterocycles. The molecule has 1 amide bonds. The molecule has 2 rings (SSSR count). The summed E-state index contributed by atoms with van der Waals surface area (Å²) in [5.41, 5.74) is 0.605. The first-order valence-corrected chi connectivity index (χ1v) is 8.73. The van der Waals surface area contributed by atoms with Crippen molar-refractivity contribution in [1.29, 1.82) is 0 Å². The predicted octanol–water partition coefficient (Wildman–Crippen LogP) is 3.18. The van der Waals surface area contributed by atoms with Crippen LogP contribution in [0, 0.1) is 11.8 Å². The Morgan fingerprint density at radius 2 is 1.91 bits per heavy atom. The molecule has 1 aliphatic rings. The number of methoxy groups -OCH3 is 1. The van der Waals surface area contributed by atoms with Crippen molar-refractivity contribution < 1.29 is 9.53 Å². The average molecular weight is 318 g/mol. The molecule has 23 heavy (non-hydrogen) atoms. The number of ether oxygens (including phenoxy) is 1. The zero-order valence-corrected chi connectivity index (χ0v) is 14.7. The van der Waals surface area contributed by atoms with Crippen LogP contribution in [0.3, 0.4) is 0 Å². The first-order valence-electron chi connectivity index (χ1n) is 8.73. The second kappa shape index (κ2) is 8.92. The van der Waals surface area contributed by atoms with Crippen molar-refractivity contribution in [2.75, 3.05) is 33.3 Å². The van der Waals surface area contributed by atoms with Crippen molar-refractivity contribution >= 4 is 5.91 Å². The topological polar surface area (TPSA) is 41.6 Å². The lowest BCUT2D eigenvalue weighted by Gasteiger charge is -2.34. The minimum absolute atomic E-state index is 0.0531. The fourth-order valence-corrected chi connectivity index (χ4v) is 3.56. The minimum Gasteiger partial charge on any atom is -0.496 e. The van der Waals surface area contributed by atoms with Crippen LogP contribution in [-0.2, 0) is 0 Å². The van der Waals surface area contributed by atoms with Crippen molar-refractivity contribution in [1.82, 2.24) is 10.2 Å². The maximum atomic E-state index is 12.2. The molecule has 2 atom stereocenters. The molecule has 1 aromatic rings. The molecule has 1 heterocycles. The van der Waals surface area contributed by atoms with Crippen LogP contribution >= 0.6 is 0 Å². The Hall–Kier alpha value is -1.55. The van der Waals surface area contributed by atoms with Gasteiger partial charge in [0.05, 0.1) is 12.7 Å². The normalized spacial score (nSPS) is 21.9. The molecule has 0 bridgehead atoms. The van der Waals surface area contributed by atoms with Crippen molar-refractivity contribution in [3.8, 4) is 5.75 Å². The molecule has 0 spiro atoms. The number of nitrogens with zero attached hydrogens (tertiary/aromatic N) is 1. The van der Waals surface area contributed by atoms with Gasteiger partial charge in [-0.1, -0.05) is 26.0 Å². The predicted molar refractivity (Wildman–Crippen MR) is 93.9 cm³/mol. The zero-order chi connectivity index (χ0) is 16.7. The van der Waals surface area contributed by atoms with Crippen LogP contribution in [0.5, 0.6) is 5.75 Å². The lowest BCUT2D eigenvalue weighted by molar-refractivity contribution is 0.0948. The van der Waals surface area contributed by atoms with Crippen LogP contribution in [0.4, 0.5) is 0 Å². The number of piperidine rings is 1. The Balaban J connectivity index is 1.66. The number of rotatable bonds is 7. The molecule has 1 aromatic carbocycles. The van der Waals surface area contributed by atoms with Gasteiger partial charge in [0.1, 0.15) is 5.75 Å². The molecule has 0 aliphatic carbocycles. The van der Waals surface area contributed by atoms with Crippen molar-refractivity contribution in [2.45, 2.75) is 33.1 Å². The summed E-state index contributed by atoms with van der Waals surface area (Å²) in [5, 5.41) is 2.99. The highest BCUT2D eigenvalue weighted by Crippen LogP contribution is 2.21. The Bertz CT molecular complexity index is 494. The van der Waals surface area contributed by atoms with Gasteiger partial charge in [-0.2, -0.15) is 0 Å².